The van der Waals surface area contributed by atoms with Crippen molar-refractivity contribution in [3.05, 3.63) is 83.1 Å². The third-order valence-electron chi connectivity index (χ3n) is 5.05. The summed E-state index contributed by atoms with van der Waals surface area (Å²) < 4.78 is 76.7. The van der Waals surface area contributed by atoms with E-state index in [0.717, 1.165) is 13.0 Å². The van der Waals surface area contributed by atoms with Crippen LogP contribution in [0.2, 0.25) is 0 Å². The lowest BCUT2D eigenvalue weighted by atomic mass is 10.1. The lowest BCUT2D eigenvalue weighted by Gasteiger charge is -2.06. The van der Waals surface area contributed by atoms with E-state index in [4.69, 9.17) is 4.52 Å². The Hall–Kier alpha value is -4.15. The van der Waals surface area contributed by atoms with Crippen molar-refractivity contribution in [2.45, 2.75) is 13.5 Å². The Labute approximate surface area is 182 Å². The van der Waals surface area contributed by atoms with Crippen LogP contribution >= 0.6 is 0 Å². The monoisotopic (exact) mass is 457 g/mol. The van der Waals surface area contributed by atoms with Gasteiger partial charge in [0.05, 0.1) is 23.5 Å². The van der Waals surface area contributed by atoms with Crippen molar-refractivity contribution in [1.29, 1.82) is 0 Å². The van der Waals surface area contributed by atoms with E-state index in [2.05, 4.69) is 20.2 Å². The van der Waals surface area contributed by atoms with E-state index in [9.17, 15) is 22.0 Å². The van der Waals surface area contributed by atoms with Gasteiger partial charge < -0.3 is 4.52 Å². The van der Waals surface area contributed by atoms with Gasteiger partial charge in [-0.25, -0.2) is 31.9 Å². The molecule has 5 rings (SSSR count). The lowest BCUT2D eigenvalue weighted by Crippen LogP contribution is -2.05. The summed E-state index contributed by atoms with van der Waals surface area (Å²) in [5, 5.41) is 7.69. The van der Waals surface area contributed by atoms with Crippen LogP contribution in [0.3, 0.4) is 0 Å². The van der Waals surface area contributed by atoms with Crippen LogP contribution in [0.4, 0.5) is 22.0 Å². The van der Waals surface area contributed by atoms with Crippen molar-refractivity contribution in [3.8, 4) is 34.0 Å². The maximum absolute atomic E-state index is 14.2. The molecule has 3 heterocycles. The second kappa shape index (κ2) is 7.76. The van der Waals surface area contributed by atoms with Gasteiger partial charge in [-0.1, -0.05) is 17.3 Å². The van der Waals surface area contributed by atoms with Crippen molar-refractivity contribution < 1.29 is 26.5 Å². The minimum absolute atomic E-state index is 0.0368. The van der Waals surface area contributed by atoms with Gasteiger partial charge in [-0.15, -0.1) is 0 Å². The Morgan fingerprint density at radius 2 is 1.58 bits per heavy atom. The zero-order chi connectivity index (χ0) is 23.3. The normalized spacial score (nSPS) is 11.5. The molecular formula is C22H12F5N5O. The molecule has 0 atom stereocenters. The highest BCUT2D eigenvalue weighted by Crippen LogP contribution is 2.32. The zero-order valence-corrected chi connectivity index (χ0v) is 16.8. The first-order valence-electron chi connectivity index (χ1n) is 9.57. The van der Waals surface area contributed by atoms with Gasteiger partial charge >= 0.3 is 0 Å². The second-order valence-corrected chi connectivity index (χ2v) is 7.20. The molecule has 6 nitrogen and oxygen atoms in total. The van der Waals surface area contributed by atoms with E-state index in [0.29, 0.717) is 11.4 Å². The van der Waals surface area contributed by atoms with Crippen LogP contribution in [0, 0.1) is 36.0 Å². The van der Waals surface area contributed by atoms with Crippen LogP contribution in [0.5, 0.6) is 0 Å². The first-order valence-corrected chi connectivity index (χ1v) is 9.57. The number of nitrogens with zero attached hydrogens (tertiary/aromatic N) is 5. The van der Waals surface area contributed by atoms with E-state index in [-0.39, 0.29) is 23.7 Å². The van der Waals surface area contributed by atoms with Gasteiger partial charge in [-0.3, -0.25) is 4.68 Å². The molecule has 2 aliphatic rings. The Kier molecular flexibility index (Phi) is 4.88. The Balaban J connectivity index is 1.45. The molecule has 11 heteroatoms. The largest absolute Gasteiger partial charge is 0.359 e. The van der Waals surface area contributed by atoms with Crippen LogP contribution in [-0.2, 0) is 6.54 Å². The van der Waals surface area contributed by atoms with Crippen LogP contribution in [0.15, 0.2) is 47.2 Å². The third-order valence-corrected chi connectivity index (χ3v) is 5.05. The predicted molar refractivity (Wildman–Crippen MR) is 105 cm³/mol. The zero-order valence-electron chi connectivity index (χ0n) is 16.8. The van der Waals surface area contributed by atoms with Crippen LogP contribution < -0.4 is 0 Å². The van der Waals surface area contributed by atoms with Gasteiger partial charge in [0.25, 0.3) is 0 Å². The van der Waals surface area contributed by atoms with Gasteiger partial charge in [0, 0.05) is 11.6 Å². The summed E-state index contributed by atoms with van der Waals surface area (Å²) in [6.07, 6.45) is 2.93. The van der Waals surface area contributed by atoms with Crippen molar-refractivity contribution in [2.75, 3.05) is 0 Å². The molecular weight excluding hydrogens is 445 g/mol. The fourth-order valence-electron chi connectivity index (χ4n) is 3.34. The molecule has 3 aromatic rings. The highest BCUT2D eigenvalue weighted by Gasteiger charge is 2.26. The Morgan fingerprint density at radius 3 is 2.30 bits per heavy atom. The molecule has 0 amide bonds. The minimum atomic E-state index is -1.56. The molecule has 166 valence electrons. The van der Waals surface area contributed by atoms with Gasteiger partial charge in [-0.2, -0.15) is 5.10 Å². The molecule has 0 aliphatic carbocycles. The average Bonchev–Trinajstić information content (AvgIpc) is 3.43. The molecule has 0 saturated heterocycles. The fourth-order valence-corrected chi connectivity index (χ4v) is 3.34. The SMILES string of the molecule is Cc1c(F)c(F)c(-c2cc(Cn3cc4nc(-c5ccccc5F)nc-4cn3)on2)c(F)c1F. The van der Waals surface area contributed by atoms with E-state index in [1.54, 1.807) is 18.2 Å². The molecule has 0 unspecified atom stereocenters. The quantitative estimate of drug-likeness (QED) is 0.276. The Morgan fingerprint density at radius 1 is 0.879 bits per heavy atom. The van der Waals surface area contributed by atoms with E-state index in [1.807, 2.05) is 0 Å². The smallest absolute Gasteiger partial charge is 0.171 e. The molecule has 0 spiro atoms. The maximum atomic E-state index is 14.2. The highest BCUT2D eigenvalue weighted by molar-refractivity contribution is 5.65. The van der Waals surface area contributed by atoms with E-state index >= 15 is 0 Å². The number of hydrogen-bond donors (Lipinski definition) is 0. The maximum Gasteiger partial charge on any atom is 0.171 e. The number of hydrogen-bond acceptors (Lipinski definition) is 5. The van der Waals surface area contributed by atoms with Crippen LogP contribution in [-0.4, -0.2) is 24.9 Å². The first kappa shape index (κ1) is 20.7. The summed E-state index contributed by atoms with van der Waals surface area (Å²) in [6.45, 7) is 0.891. The number of halogens is 5. The summed E-state index contributed by atoms with van der Waals surface area (Å²) >= 11 is 0. The second-order valence-electron chi connectivity index (χ2n) is 7.20. The summed E-state index contributed by atoms with van der Waals surface area (Å²) in [5.41, 5.74) is -1.05. The molecule has 0 saturated carbocycles. The number of fused-ring (bicyclic) bond motifs is 1. The number of rotatable bonds is 4. The molecule has 2 aromatic carbocycles. The molecule has 0 radical (unpaired) electrons. The van der Waals surface area contributed by atoms with Gasteiger partial charge in [0.1, 0.15) is 29.4 Å². The minimum Gasteiger partial charge on any atom is -0.359 e. The van der Waals surface area contributed by atoms with E-state index < -0.39 is 45.9 Å². The number of benzene rings is 2. The van der Waals surface area contributed by atoms with Crippen LogP contribution in [0.25, 0.3) is 34.0 Å². The highest BCUT2D eigenvalue weighted by atomic mass is 19.2. The lowest BCUT2D eigenvalue weighted by molar-refractivity contribution is 0.371. The van der Waals surface area contributed by atoms with E-state index in [1.165, 1.54) is 23.1 Å². The first-order chi connectivity index (χ1) is 15.8. The average molecular weight is 457 g/mol. The van der Waals surface area contributed by atoms with Crippen molar-refractivity contribution >= 4 is 0 Å². The molecule has 0 fully saturated rings. The molecule has 1 aromatic heterocycles. The van der Waals surface area contributed by atoms with Gasteiger partial charge in [0.2, 0.25) is 0 Å². The summed E-state index contributed by atoms with van der Waals surface area (Å²) in [7, 11) is 0. The number of aromatic nitrogens is 5. The standard InChI is InChI=1S/C22H12F5N5O/c1-10-18(24)20(26)17(21(27)19(10)25)14-6-11(33-31-14)8-32-9-16-15(7-28-32)29-22(30-16)12-4-2-3-5-13(12)23/h2-7,9H,8H2,1H3. The van der Waals surface area contributed by atoms with Crippen molar-refractivity contribution in [2.24, 2.45) is 0 Å². The topological polar surface area (TPSA) is 69.6 Å². The summed E-state index contributed by atoms with van der Waals surface area (Å²) in [6, 6.07) is 7.22. The van der Waals surface area contributed by atoms with Crippen molar-refractivity contribution in [1.82, 2.24) is 24.9 Å². The molecule has 0 N–H and O–H groups in total. The summed E-state index contributed by atoms with van der Waals surface area (Å²) in [5.74, 6) is -6.30. The van der Waals surface area contributed by atoms with Crippen LogP contribution in [0.1, 0.15) is 11.3 Å². The summed E-state index contributed by atoms with van der Waals surface area (Å²) in [4.78, 5) is 8.57. The van der Waals surface area contributed by atoms with Gasteiger partial charge in [0.15, 0.2) is 34.9 Å². The van der Waals surface area contributed by atoms with Gasteiger partial charge in [-0.05, 0) is 19.1 Å². The predicted octanol–water partition coefficient (Wildman–Crippen LogP) is 5.15. The fraction of sp³-hybridized carbons (Fsp3) is 0.0909. The molecule has 2 aliphatic heterocycles. The molecule has 0 bridgehead atoms. The third kappa shape index (κ3) is 3.51. The van der Waals surface area contributed by atoms with Crippen molar-refractivity contribution in [3.63, 3.8) is 0 Å². The molecule has 33 heavy (non-hydrogen) atoms. The number of imidazole rings is 1. The Bertz CT molecular complexity index is 1450.